The number of nitrogens with one attached hydrogen (secondary N) is 1. The van der Waals surface area contributed by atoms with Crippen molar-refractivity contribution in [2.45, 2.75) is 19.4 Å². The van der Waals surface area contributed by atoms with Gasteiger partial charge in [0.05, 0.1) is 18.3 Å². The topological polar surface area (TPSA) is 67.8 Å². The maximum atomic E-state index is 13.6. The van der Waals surface area contributed by atoms with E-state index in [1.165, 1.54) is 40.3 Å². The van der Waals surface area contributed by atoms with Gasteiger partial charge in [-0.3, -0.25) is 9.59 Å². The molecule has 5 rings (SSSR count). The number of thiophene rings is 1. The molecule has 0 atom stereocenters. The number of hydrogen-bond donors (Lipinski definition) is 1. The molecule has 0 aliphatic heterocycles. The monoisotopic (exact) mass is 493 g/mol. The van der Waals surface area contributed by atoms with Gasteiger partial charge >= 0.3 is 0 Å². The maximum Gasteiger partial charge on any atom is 0.261 e. The third kappa shape index (κ3) is 4.67. The number of pyridine rings is 2. The molecule has 0 aliphatic carbocycles. The largest absolute Gasteiger partial charge is 0.345 e. The molecule has 9 heteroatoms. The molecule has 4 heterocycles. The number of aromatic amines is 1. The Morgan fingerprint density at radius 3 is 2.74 bits per heavy atom. The number of Topliss-reactive ketones (excluding diaryl/α,β-unsaturated/α-hetero) is 1. The Bertz CT molecular complexity index is 1620. The van der Waals surface area contributed by atoms with Crippen molar-refractivity contribution in [3.8, 4) is 10.4 Å². The smallest absolute Gasteiger partial charge is 0.261 e. The number of carbonyl (C=O) groups excluding carboxylic acids is 1. The highest BCUT2D eigenvalue weighted by atomic mass is 32.1. The molecule has 0 unspecified atom stereocenters. The minimum absolute atomic E-state index is 0.0194. The van der Waals surface area contributed by atoms with Gasteiger partial charge in [-0.2, -0.15) is 0 Å². The second kappa shape index (κ2) is 9.34. The van der Waals surface area contributed by atoms with Crippen LogP contribution in [-0.2, 0) is 13.0 Å². The van der Waals surface area contributed by atoms with Gasteiger partial charge in [0.1, 0.15) is 11.5 Å². The summed E-state index contributed by atoms with van der Waals surface area (Å²) in [4.78, 5) is 34.6. The molecule has 1 aromatic carbocycles. The summed E-state index contributed by atoms with van der Waals surface area (Å²) in [5, 5.41) is 0.681. The summed E-state index contributed by atoms with van der Waals surface area (Å²) in [6.45, 7) is 0.0194. The highest BCUT2D eigenvalue weighted by Crippen LogP contribution is 2.34. The van der Waals surface area contributed by atoms with Crippen LogP contribution in [0.1, 0.15) is 27.2 Å². The lowest BCUT2D eigenvalue weighted by molar-refractivity contribution is 0.0981. The fourth-order valence-corrected chi connectivity index (χ4v) is 4.96. The fourth-order valence-electron chi connectivity index (χ4n) is 3.92. The van der Waals surface area contributed by atoms with E-state index in [1.807, 2.05) is 12.1 Å². The molecule has 5 nitrogen and oxygen atoms in total. The fraction of sp³-hybridized carbons (Fsp3) is 0.115. The summed E-state index contributed by atoms with van der Waals surface area (Å²) >= 11 is 1.49. The third-order valence-corrected chi connectivity index (χ3v) is 6.86. The second-order valence-electron chi connectivity index (χ2n) is 8.04. The standard InChI is InChI=1S/C26H18F3N3O2S/c27-16-11-19-20(13-31-25(19)30-12-16)24-8-5-17(35-24)4-7-23(33)18-2-1-9-32(26(18)34)14-15-3-6-21(28)22(29)10-15/h1-3,5-6,8-13H,4,7,14H2,(H,30,31). The van der Waals surface area contributed by atoms with Crippen LogP contribution in [0.5, 0.6) is 0 Å². The summed E-state index contributed by atoms with van der Waals surface area (Å²) in [5.74, 6) is -2.68. The third-order valence-electron chi connectivity index (χ3n) is 5.68. The van der Waals surface area contributed by atoms with E-state index in [1.54, 1.807) is 12.3 Å². The van der Waals surface area contributed by atoms with Gasteiger partial charge in [-0.15, -0.1) is 11.3 Å². The van der Waals surface area contributed by atoms with Crippen LogP contribution in [0.25, 0.3) is 21.5 Å². The van der Waals surface area contributed by atoms with Crippen molar-refractivity contribution >= 4 is 28.2 Å². The van der Waals surface area contributed by atoms with Gasteiger partial charge in [-0.25, -0.2) is 18.2 Å². The molecule has 0 saturated carbocycles. The molecule has 0 bridgehead atoms. The van der Waals surface area contributed by atoms with Crippen molar-refractivity contribution in [3.63, 3.8) is 0 Å². The Morgan fingerprint density at radius 2 is 1.91 bits per heavy atom. The van der Waals surface area contributed by atoms with Crippen LogP contribution in [0, 0.1) is 17.5 Å². The molecule has 0 fully saturated rings. The summed E-state index contributed by atoms with van der Waals surface area (Å²) in [5.41, 5.74) is 1.40. The van der Waals surface area contributed by atoms with Crippen LogP contribution in [0.4, 0.5) is 13.2 Å². The van der Waals surface area contributed by atoms with E-state index in [4.69, 9.17) is 0 Å². The van der Waals surface area contributed by atoms with Crippen molar-refractivity contribution in [1.82, 2.24) is 14.5 Å². The first kappa shape index (κ1) is 22.8. The molecule has 1 N–H and O–H groups in total. The van der Waals surface area contributed by atoms with Crippen molar-refractivity contribution in [3.05, 3.63) is 111 Å². The number of halogens is 3. The Kier molecular flexibility index (Phi) is 6.08. The van der Waals surface area contributed by atoms with Crippen LogP contribution in [0.15, 0.2) is 71.9 Å². The van der Waals surface area contributed by atoms with E-state index in [0.29, 0.717) is 23.0 Å². The number of benzene rings is 1. The minimum Gasteiger partial charge on any atom is -0.345 e. The Labute approximate surface area is 201 Å². The van der Waals surface area contributed by atoms with Crippen molar-refractivity contribution in [2.24, 2.45) is 0 Å². The molecule has 5 aromatic rings. The lowest BCUT2D eigenvalue weighted by Gasteiger charge is -2.08. The molecule has 35 heavy (non-hydrogen) atoms. The first-order valence-corrected chi connectivity index (χ1v) is 11.6. The Morgan fingerprint density at radius 1 is 1.06 bits per heavy atom. The normalized spacial score (nSPS) is 11.3. The van der Waals surface area contributed by atoms with Gasteiger partial charge in [0, 0.05) is 39.5 Å². The number of fused-ring (bicyclic) bond motifs is 1. The second-order valence-corrected chi connectivity index (χ2v) is 9.21. The summed E-state index contributed by atoms with van der Waals surface area (Å²) < 4.78 is 41.6. The average molecular weight is 494 g/mol. The van der Waals surface area contributed by atoms with E-state index >= 15 is 0 Å². The maximum absolute atomic E-state index is 13.6. The van der Waals surface area contributed by atoms with Gasteiger partial charge < -0.3 is 9.55 Å². The van der Waals surface area contributed by atoms with E-state index < -0.39 is 23.0 Å². The molecular formula is C26H18F3N3O2S. The predicted octanol–water partition coefficient (Wildman–Crippen LogP) is 5.73. The van der Waals surface area contributed by atoms with Crippen LogP contribution in [0.3, 0.4) is 0 Å². The number of aryl methyl sites for hydroxylation is 1. The van der Waals surface area contributed by atoms with Gasteiger partial charge in [-0.05, 0) is 54.4 Å². The zero-order valence-corrected chi connectivity index (χ0v) is 19.0. The quantitative estimate of drug-likeness (QED) is 0.294. The first-order chi connectivity index (χ1) is 16.9. The number of H-pyrrole nitrogens is 1. The molecule has 0 saturated heterocycles. The van der Waals surface area contributed by atoms with E-state index in [-0.39, 0.29) is 24.3 Å². The SMILES string of the molecule is O=C(CCc1ccc(-c2c[nH]c3ncc(F)cc23)s1)c1cccn(Cc2ccc(F)c(F)c2)c1=O. The first-order valence-electron chi connectivity index (χ1n) is 10.8. The number of nitrogens with zero attached hydrogens (tertiary/aromatic N) is 2. The number of carbonyl (C=O) groups is 1. The number of ketones is 1. The average Bonchev–Trinajstić information content (AvgIpc) is 3.47. The van der Waals surface area contributed by atoms with E-state index in [2.05, 4.69) is 9.97 Å². The Hall–Kier alpha value is -3.98. The molecule has 0 spiro atoms. The van der Waals surface area contributed by atoms with E-state index in [0.717, 1.165) is 33.6 Å². The van der Waals surface area contributed by atoms with Crippen LogP contribution < -0.4 is 5.56 Å². The highest BCUT2D eigenvalue weighted by molar-refractivity contribution is 7.15. The Balaban J connectivity index is 1.30. The van der Waals surface area contributed by atoms with Crippen LogP contribution >= 0.6 is 11.3 Å². The molecule has 4 aromatic heterocycles. The zero-order valence-electron chi connectivity index (χ0n) is 18.2. The number of rotatable bonds is 7. The van der Waals surface area contributed by atoms with E-state index in [9.17, 15) is 22.8 Å². The molecular weight excluding hydrogens is 475 g/mol. The van der Waals surface area contributed by atoms with Gasteiger partial charge in [0.25, 0.3) is 5.56 Å². The lowest BCUT2D eigenvalue weighted by Crippen LogP contribution is -2.26. The van der Waals surface area contributed by atoms with Crippen molar-refractivity contribution in [2.75, 3.05) is 0 Å². The minimum atomic E-state index is -0.993. The summed E-state index contributed by atoms with van der Waals surface area (Å²) in [6, 6.07) is 11.7. The molecule has 0 radical (unpaired) electrons. The van der Waals surface area contributed by atoms with Crippen molar-refractivity contribution < 1.29 is 18.0 Å². The number of aromatic nitrogens is 3. The molecule has 176 valence electrons. The predicted molar refractivity (Wildman–Crippen MR) is 128 cm³/mol. The highest BCUT2D eigenvalue weighted by Gasteiger charge is 2.15. The number of hydrogen-bond acceptors (Lipinski definition) is 4. The van der Waals surface area contributed by atoms with Crippen molar-refractivity contribution in [1.29, 1.82) is 0 Å². The molecule has 0 aliphatic rings. The lowest BCUT2D eigenvalue weighted by atomic mass is 10.1. The van der Waals surface area contributed by atoms with Crippen LogP contribution in [0.2, 0.25) is 0 Å². The van der Waals surface area contributed by atoms with Gasteiger partial charge in [-0.1, -0.05) is 6.07 Å². The van der Waals surface area contributed by atoms with Crippen LogP contribution in [-0.4, -0.2) is 20.3 Å². The van der Waals surface area contributed by atoms with Gasteiger partial charge in [0.2, 0.25) is 0 Å². The van der Waals surface area contributed by atoms with Gasteiger partial charge in [0.15, 0.2) is 17.4 Å². The summed E-state index contributed by atoms with van der Waals surface area (Å²) in [7, 11) is 0. The summed E-state index contributed by atoms with van der Waals surface area (Å²) in [6.07, 6.45) is 5.01. The zero-order chi connectivity index (χ0) is 24.5. The molecule has 0 amide bonds.